The Labute approximate surface area is 202 Å². The van der Waals surface area contributed by atoms with Gasteiger partial charge in [0.2, 0.25) is 0 Å². The molecule has 2 saturated carbocycles. The summed E-state index contributed by atoms with van der Waals surface area (Å²) < 4.78 is 0. The predicted octanol–water partition coefficient (Wildman–Crippen LogP) is 6.51. The van der Waals surface area contributed by atoms with Crippen molar-refractivity contribution in [3.63, 3.8) is 0 Å². The van der Waals surface area contributed by atoms with Crippen LogP contribution in [0.25, 0.3) is 11.1 Å². The van der Waals surface area contributed by atoms with Crippen LogP contribution in [0.2, 0.25) is 0 Å². The average Bonchev–Trinajstić information content (AvgIpc) is 3.28. The zero-order valence-corrected chi connectivity index (χ0v) is 20.0. The van der Waals surface area contributed by atoms with Gasteiger partial charge in [-0.05, 0) is 91.2 Å². The van der Waals surface area contributed by atoms with Gasteiger partial charge in [0.15, 0.2) is 0 Å². The SMILES string of the molecule is O=C(O)CC1CCC(c2ccc(-c3ccc4c(c3)CCN4C(=O)NC3CCCCC3)cc2)CC1. The van der Waals surface area contributed by atoms with E-state index in [2.05, 4.69) is 47.8 Å². The molecule has 2 aromatic rings. The van der Waals surface area contributed by atoms with Crippen LogP contribution in [0, 0.1) is 5.92 Å². The number of urea groups is 1. The van der Waals surface area contributed by atoms with Gasteiger partial charge in [-0.3, -0.25) is 9.69 Å². The van der Waals surface area contributed by atoms with E-state index >= 15 is 0 Å². The average molecular weight is 461 g/mol. The molecule has 0 saturated heterocycles. The normalized spacial score (nSPS) is 22.9. The number of carboxylic acids is 1. The number of rotatable bonds is 5. The Morgan fingerprint density at radius 1 is 0.882 bits per heavy atom. The summed E-state index contributed by atoms with van der Waals surface area (Å²) in [6, 6.07) is 15.8. The first kappa shape index (κ1) is 22.9. The van der Waals surface area contributed by atoms with Crippen LogP contribution in [-0.2, 0) is 11.2 Å². The standard InChI is InChI=1S/C29H36N2O3/c32-28(33)18-20-6-8-21(9-7-20)22-10-12-23(13-11-22)24-14-15-27-25(19-24)16-17-31(27)29(34)30-26-4-2-1-3-5-26/h10-15,19-21,26H,1-9,16-18H2,(H,30,34)(H,32,33). The Balaban J connectivity index is 1.22. The van der Waals surface area contributed by atoms with E-state index in [9.17, 15) is 9.59 Å². The Morgan fingerprint density at radius 3 is 2.29 bits per heavy atom. The summed E-state index contributed by atoms with van der Waals surface area (Å²) in [5, 5.41) is 12.3. The van der Waals surface area contributed by atoms with Crippen LogP contribution in [0.3, 0.4) is 0 Å². The lowest BCUT2D eigenvalue weighted by Gasteiger charge is -2.28. The number of nitrogens with one attached hydrogen (secondary N) is 1. The van der Waals surface area contributed by atoms with Gasteiger partial charge in [-0.15, -0.1) is 0 Å². The highest BCUT2D eigenvalue weighted by atomic mass is 16.4. The minimum Gasteiger partial charge on any atom is -0.481 e. The van der Waals surface area contributed by atoms with E-state index in [1.165, 1.54) is 41.5 Å². The highest BCUT2D eigenvalue weighted by molar-refractivity contribution is 5.95. The Bertz CT molecular complexity index is 1020. The quantitative estimate of drug-likeness (QED) is 0.534. The fraction of sp³-hybridized carbons (Fsp3) is 0.517. The lowest BCUT2D eigenvalue weighted by molar-refractivity contribution is -0.138. The van der Waals surface area contributed by atoms with Crippen molar-refractivity contribution in [2.75, 3.05) is 11.4 Å². The van der Waals surface area contributed by atoms with Crippen molar-refractivity contribution in [2.24, 2.45) is 5.92 Å². The van der Waals surface area contributed by atoms with E-state index in [0.29, 0.717) is 24.3 Å². The number of carbonyl (C=O) groups excluding carboxylic acids is 1. The van der Waals surface area contributed by atoms with Crippen molar-refractivity contribution in [2.45, 2.75) is 82.6 Å². The first-order chi connectivity index (χ1) is 16.6. The third-order valence-corrected chi connectivity index (χ3v) is 8.18. The molecule has 0 radical (unpaired) electrons. The number of amides is 2. The molecule has 5 rings (SSSR count). The lowest BCUT2D eigenvalue weighted by Crippen LogP contribution is -2.45. The number of hydrogen-bond acceptors (Lipinski definition) is 2. The molecule has 3 aliphatic rings. The minimum absolute atomic E-state index is 0.0563. The summed E-state index contributed by atoms with van der Waals surface area (Å²) in [5.41, 5.74) is 6.06. The fourth-order valence-electron chi connectivity index (χ4n) is 6.19. The highest BCUT2D eigenvalue weighted by Crippen LogP contribution is 2.38. The van der Waals surface area contributed by atoms with Crippen molar-refractivity contribution in [3.05, 3.63) is 53.6 Å². The maximum Gasteiger partial charge on any atom is 0.322 e. The fourth-order valence-corrected chi connectivity index (χ4v) is 6.19. The van der Waals surface area contributed by atoms with Gasteiger partial charge in [0.1, 0.15) is 0 Å². The smallest absolute Gasteiger partial charge is 0.322 e. The number of fused-ring (bicyclic) bond motifs is 1. The van der Waals surface area contributed by atoms with E-state index < -0.39 is 5.97 Å². The summed E-state index contributed by atoms with van der Waals surface area (Å²) >= 11 is 0. The zero-order chi connectivity index (χ0) is 23.5. The van der Waals surface area contributed by atoms with E-state index in [0.717, 1.165) is 57.2 Å². The Morgan fingerprint density at radius 2 is 1.59 bits per heavy atom. The van der Waals surface area contributed by atoms with E-state index in [-0.39, 0.29) is 6.03 Å². The highest BCUT2D eigenvalue weighted by Gasteiger charge is 2.27. The summed E-state index contributed by atoms with van der Waals surface area (Å²) in [7, 11) is 0. The molecule has 2 aliphatic carbocycles. The molecular weight excluding hydrogens is 424 g/mol. The van der Waals surface area contributed by atoms with Gasteiger partial charge in [0.05, 0.1) is 0 Å². The number of benzene rings is 2. The molecule has 0 bridgehead atoms. The van der Waals surface area contributed by atoms with Crippen LogP contribution in [-0.4, -0.2) is 29.7 Å². The molecule has 0 atom stereocenters. The van der Waals surface area contributed by atoms with Gasteiger partial charge in [-0.25, -0.2) is 4.79 Å². The van der Waals surface area contributed by atoms with Crippen molar-refractivity contribution in [3.8, 4) is 11.1 Å². The van der Waals surface area contributed by atoms with Gasteiger partial charge < -0.3 is 10.4 Å². The molecule has 180 valence electrons. The van der Waals surface area contributed by atoms with E-state index in [1.54, 1.807) is 0 Å². The summed E-state index contributed by atoms with van der Waals surface area (Å²) in [6.07, 6.45) is 11.3. The second-order valence-electron chi connectivity index (χ2n) is 10.5. The number of anilines is 1. The zero-order valence-electron chi connectivity index (χ0n) is 20.0. The van der Waals surface area contributed by atoms with Gasteiger partial charge in [-0.2, -0.15) is 0 Å². The summed E-state index contributed by atoms with van der Waals surface area (Å²) in [6.45, 7) is 0.751. The second kappa shape index (κ2) is 10.2. The van der Waals surface area contributed by atoms with Gasteiger partial charge in [-0.1, -0.05) is 49.6 Å². The monoisotopic (exact) mass is 460 g/mol. The third-order valence-electron chi connectivity index (χ3n) is 8.18. The van der Waals surface area contributed by atoms with Crippen molar-refractivity contribution in [1.29, 1.82) is 0 Å². The van der Waals surface area contributed by atoms with E-state index in [4.69, 9.17) is 5.11 Å². The van der Waals surface area contributed by atoms with Crippen LogP contribution in [0.4, 0.5) is 10.5 Å². The van der Waals surface area contributed by atoms with Crippen LogP contribution < -0.4 is 10.2 Å². The maximum absolute atomic E-state index is 12.9. The molecule has 1 heterocycles. The molecule has 0 unspecified atom stereocenters. The number of aliphatic carboxylic acids is 1. The molecule has 0 spiro atoms. The molecule has 5 heteroatoms. The summed E-state index contributed by atoms with van der Waals surface area (Å²) in [5.74, 6) is 0.203. The molecule has 0 aromatic heterocycles. The molecule has 5 nitrogen and oxygen atoms in total. The van der Waals surface area contributed by atoms with Gasteiger partial charge in [0.25, 0.3) is 0 Å². The minimum atomic E-state index is -0.671. The molecule has 2 aromatic carbocycles. The Hall–Kier alpha value is -2.82. The van der Waals surface area contributed by atoms with Crippen molar-refractivity contribution >= 4 is 17.7 Å². The maximum atomic E-state index is 12.9. The number of carboxylic acid groups (broad SMARTS) is 1. The predicted molar refractivity (Wildman–Crippen MR) is 135 cm³/mol. The number of hydrogen-bond donors (Lipinski definition) is 2. The summed E-state index contributed by atoms with van der Waals surface area (Å²) in [4.78, 5) is 25.8. The second-order valence-corrected chi connectivity index (χ2v) is 10.5. The van der Waals surface area contributed by atoms with Crippen LogP contribution in [0.15, 0.2) is 42.5 Å². The van der Waals surface area contributed by atoms with Crippen LogP contribution in [0.1, 0.15) is 81.3 Å². The largest absolute Gasteiger partial charge is 0.481 e. The molecule has 34 heavy (non-hydrogen) atoms. The van der Waals surface area contributed by atoms with Gasteiger partial charge >= 0.3 is 12.0 Å². The van der Waals surface area contributed by atoms with E-state index in [1.807, 2.05) is 4.90 Å². The molecular formula is C29H36N2O3. The first-order valence-corrected chi connectivity index (χ1v) is 13.1. The topological polar surface area (TPSA) is 69.6 Å². The third kappa shape index (κ3) is 5.13. The first-order valence-electron chi connectivity index (χ1n) is 13.1. The Kier molecular flexibility index (Phi) is 6.89. The molecule has 2 fully saturated rings. The lowest BCUT2D eigenvalue weighted by atomic mass is 9.77. The van der Waals surface area contributed by atoms with Crippen molar-refractivity contribution in [1.82, 2.24) is 5.32 Å². The molecule has 2 N–H and O–H groups in total. The van der Waals surface area contributed by atoms with Gasteiger partial charge in [0, 0.05) is 24.7 Å². The van der Waals surface area contributed by atoms with Crippen molar-refractivity contribution < 1.29 is 14.7 Å². The number of nitrogens with zero attached hydrogens (tertiary/aromatic N) is 1. The van der Waals surface area contributed by atoms with Crippen LogP contribution >= 0.6 is 0 Å². The molecule has 2 amide bonds. The molecule has 1 aliphatic heterocycles. The van der Waals surface area contributed by atoms with Crippen LogP contribution in [0.5, 0.6) is 0 Å². The number of carbonyl (C=O) groups is 2.